The summed E-state index contributed by atoms with van der Waals surface area (Å²) in [6.45, 7) is 1.07. The van der Waals surface area contributed by atoms with Crippen molar-refractivity contribution in [2.75, 3.05) is 23.7 Å². The summed E-state index contributed by atoms with van der Waals surface area (Å²) in [6.07, 6.45) is 1.58. The molecular formula is C19H20ClN3O2. The molecule has 3 rings (SSSR count). The van der Waals surface area contributed by atoms with Crippen molar-refractivity contribution in [1.29, 1.82) is 0 Å². The second-order valence-corrected chi connectivity index (χ2v) is 6.51. The lowest BCUT2D eigenvalue weighted by Gasteiger charge is -2.32. The van der Waals surface area contributed by atoms with Gasteiger partial charge < -0.3 is 15.5 Å². The van der Waals surface area contributed by atoms with Crippen LogP contribution in [0.2, 0.25) is 5.02 Å². The van der Waals surface area contributed by atoms with E-state index in [0.29, 0.717) is 23.8 Å². The molecule has 0 aliphatic carbocycles. The molecule has 2 aromatic rings. The summed E-state index contributed by atoms with van der Waals surface area (Å²) in [6, 6.07) is 16.1. The number of hydrogen-bond acceptors (Lipinski definition) is 2. The number of urea groups is 1. The number of para-hydroxylation sites is 1. The SMILES string of the molecule is O=C(Nc1ccc(Cl)cc1)[C@H]1CCCN(C(=O)Nc2ccccc2)C1. The maximum absolute atomic E-state index is 12.5. The van der Waals surface area contributed by atoms with E-state index in [1.54, 1.807) is 29.2 Å². The molecule has 1 heterocycles. The van der Waals surface area contributed by atoms with Gasteiger partial charge in [0, 0.05) is 29.5 Å². The number of likely N-dealkylation sites (tertiary alicyclic amines) is 1. The molecule has 6 heteroatoms. The number of nitrogens with one attached hydrogen (secondary N) is 2. The van der Waals surface area contributed by atoms with Crippen molar-refractivity contribution in [2.45, 2.75) is 12.8 Å². The van der Waals surface area contributed by atoms with Crippen LogP contribution in [0, 0.1) is 5.92 Å². The zero-order valence-corrected chi connectivity index (χ0v) is 14.5. The molecule has 0 spiro atoms. The molecule has 2 aromatic carbocycles. The van der Waals surface area contributed by atoms with Gasteiger partial charge in [0.2, 0.25) is 5.91 Å². The minimum Gasteiger partial charge on any atom is -0.326 e. The van der Waals surface area contributed by atoms with Crippen LogP contribution in [-0.4, -0.2) is 29.9 Å². The van der Waals surface area contributed by atoms with Crippen molar-refractivity contribution >= 4 is 34.9 Å². The van der Waals surface area contributed by atoms with E-state index in [1.165, 1.54) is 0 Å². The van der Waals surface area contributed by atoms with E-state index >= 15 is 0 Å². The third-order valence-corrected chi connectivity index (χ3v) is 4.47. The van der Waals surface area contributed by atoms with Crippen LogP contribution in [0.1, 0.15) is 12.8 Å². The Hall–Kier alpha value is -2.53. The van der Waals surface area contributed by atoms with Crippen LogP contribution >= 0.6 is 11.6 Å². The van der Waals surface area contributed by atoms with Gasteiger partial charge in [0.1, 0.15) is 0 Å². The van der Waals surface area contributed by atoms with E-state index in [1.807, 2.05) is 30.3 Å². The molecule has 25 heavy (non-hydrogen) atoms. The average molecular weight is 358 g/mol. The molecule has 1 saturated heterocycles. The number of carbonyl (C=O) groups excluding carboxylic acids is 2. The highest BCUT2D eigenvalue weighted by Gasteiger charge is 2.28. The van der Waals surface area contributed by atoms with Gasteiger partial charge in [-0.25, -0.2) is 4.79 Å². The second kappa shape index (κ2) is 8.03. The Balaban J connectivity index is 1.57. The Labute approximate surface area is 152 Å². The molecule has 0 saturated carbocycles. The molecule has 1 aliphatic heterocycles. The van der Waals surface area contributed by atoms with Gasteiger partial charge in [0.15, 0.2) is 0 Å². The number of piperidine rings is 1. The average Bonchev–Trinajstić information content (AvgIpc) is 2.64. The van der Waals surface area contributed by atoms with Crippen LogP contribution in [0.4, 0.5) is 16.2 Å². The van der Waals surface area contributed by atoms with Crippen molar-refractivity contribution in [3.63, 3.8) is 0 Å². The Morgan fingerprint density at radius 3 is 2.36 bits per heavy atom. The van der Waals surface area contributed by atoms with Gasteiger partial charge in [0.25, 0.3) is 0 Å². The predicted molar refractivity (Wildman–Crippen MR) is 99.8 cm³/mol. The maximum atomic E-state index is 12.5. The van der Waals surface area contributed by atoms with Crippen molar-refractivity contribution in [3.8, 4) is 0 Å². The minimum atomic E-state index is -0.217. The zero-order valence-electron chi connectivity index (χ0n) is 13.7. The standard InChI is InChI=1S/C19H20ClN3O2/c20-15-8-10-17(11-9-15)21-18(24)14-5-4-12-23(13-14)19(25)22-16-6-2-1-3-7-16/h1-3,6-11,14H,4-5,12-13H2,(H,21,24)(H,22,25)/t14-/m0/s1. The zero-order chi connectivity index (χ0) is 17.6. The van der Waals surface area contributed by atoms with Gasteiger partial charge in [0.05, 0.1) is 5.92 Å². The topological polar surface area (TPSA) is 61.4 Å². The van der Waals surface area contributed by atoms with Crippen LogP contribution in [0.5, 0.6) is 0 Å². The fourth-order valence-electron chi connectivity index (χ4n) is 2.88. The molecule has 0 radical (unpaired) electrons. The normalized spacial score (nSPS) is 17.0. The van der Waals surface area contributed by atoms with E-state index in [-0.39, 0.29) is 17.9 Å². The van der Waals surface area contributed by atoms with E-state index in [9.17, 15) is 9.59 Å². The summed E-state index contributed by atoms with van der Waals surface area (Å²) < 4.78 is 0. The smallest absolute Gasteiger partial charge is 0.321 e. The van der Waals surface area contributed by atoms with Gasteiger partial charge in [-0.3, -0.25) is 4.79 Å². The number of hydrogen-bond donors (Lipinski definition) is 2. The van der Waals surface area contributed by atoms with Gasteiger partial charge in [-0.15, -0.1) is 0 Å². The first-order chi connectivity index (χ1) is 12.1. The van der Waals surface area contributed by atoms with E-state index in [2.05, 4.69) is 10.6 Å². The lowest BCUT2D eigenvalue weighted by molar-refractivity contribution is -0.121. The Morgan fingerprint density at radius 2 is 1.64 bits per heavy atom. The highest BCUT2D eigenvalue weighted by molar-refractivity contribution is 6.30. The summed E-state index contributed by atoms with van der Waals surface area (Å²) in [5.74, 6) is -0.287. The highest BCUT2D eigenvalue weighted by atomic mass is 35.5. The van der Waals surface area contributed by atoms with Crippen LogP contribution in [0.3, 0.4) is 0 Å². The largest absolute Gasteiger partial charge is 0.326 e. The lowest BCUT2D eigenvalue weighted by atomic mass is 9.97. The number of halogens is 1. The highest BCUT2D eigenvalue weighted by Crippen LogP contribution is 2.20. The Kier molecular flexibility index (Phi) is 5.56. The number of benzene rings is 2. The number of nitrogens with zero attached hydrogens (tertiary/aromatic N) is 1. The van der Waals surface area contributed by atoms with E-state index in [4.69, 9.17) is 11.6 Å². The van der Waals surface area contributed by atoms with Crippen molar-refractivity contribution in [1.82, 2.24) is 4.90 Å². The van der Waals surface area contributed by atoms with Gasteiger partial charge >= 0.3 is 6.03 Å². The van der Waals surface area contributed by atoms with E-state index < -0.39 is 0 Å². The van der Waals surface area contributed by atoms with Crippen molar-refractivity contribution < 1.29 is 9.59 Å². The molecule has 0 unspecified atom stereocenters. The first kappa shape index (κ1) is 17.3. The maximum Gasteiger partial charge on any atom is 0.321 e. The molecule has 1 aliphatic rings. The van der Waals surface area contributed by atoms with Crippen LogP contribution < -0.4 is 10.6 Å². The Bertz CT molecular complexity index is 734. The van der Waals surface area contributed by atoms with Gasteiger partial charge in [-0.05, 0) is 49.2 Å². The quantitative estimate of drug-likeness (QED) is 0.863. The molecule has 0 aromatic heterocycles. The predicted octanol–water partition coefficient (Wildman–Crippen LogP) is 4.22. The molecule has 2 N–H and O–H groups in total. The molecule has 130 valence electrons. The minimum absolute atomic E-state index is 0.0699. The summed E-state index contributed by atoms with van der Waals surface area (Å²) >= 11 is 5.85. The number of carbonyl (C=O) groups is 2. The molecule has 1 fully saturated rings. The third-order valence-electron chi connectivity index (χ3n) is 4.22. The number of anilines is 2. The summed E-state index contributed by atoms with van der Waals surface area (Å²) in [5, 5.41) is 6.38. The molecule has 1 atom stereocenters. The third kappa shape index (κ3) is 4.73. The molecular weight excluding hydrogens is 338 g/mol. The first-order valence-corrected chi connectivity index (χ1v) is 8.67. The summed E-state index contributed by atoms with van der Waals surface area (Å²) in [4.78, 5) is 26.6. The molecule has 3 amide bonds. The summed E-state index contributed by atoms with van der Waals surface area (Å²) in [7, 11) is 0. The second-order valence-electron chi connectivity index (χ2n) is 6.08. The monoisotopic (exact) mass is 357 g/mol. The molecule has 5 nitrogen and oxygen atoms in total. The van der Waals surface area contributed by atoms with Crippen molar-refractivity contribution in [3.05, 3.63) is 59.6 Å². The number of amides is 3. The first-order valence-electron chi connectivity index (χ1n) is 8.29. The van der Waals surface area contributed by atoms with Crippen molar-refractivity contribution in [2.24, 2.45) is 5.92 Å². The van der Waals surface area contributed by atoms with E-state index in [0.717, 1.165) is 18.5 Å². The number of rotatable bonds is 3. The van der Waals surface area contributed by atoms with Gasteiger partial charge in [-0.2, -0.15) is 0 Å². The summed E-state index contributed by atoms with van der Waals surface area (Å²) in [5.41, 5.74) is 1.46. The van der Waals surface area contributed by atoms with Crippen LogP contribution in [-0.2, 0) is 4.79 Å². The fraction of sp³-hybridized carbons (Fsp3) is 0.263. The molecule has 0 bridgehead atoms. The van der Waals surface area contributed by atoms with Crippen LogP contribution in [0.15, 0.2) is 54.6 Å². The lowest BCUT2D eigenvalue weighted by Crippen LogP contribution is -2.45. The Morgan fingerprint density at radius 1 is 0.960 bits per heavy atom. The van der Waals surface area contributed by atoms with Gasteiger partial charge in [-0.1, -0.05) is 29.8 Å². The van der Waals surface area contributed by atoms with Crippen LogP contribution in [0.25, 0.3) is 0 Å². The fourth-order valence-corrected chi connectivity index (χ4v) is 3.00.